The van der Waals surface area contributed by atoms with Crippen molar-refractivity contribution in [3.05, 3.63) is 18.7 Å². The van der Waals surface area contributed by atoms with Gasteiger partial charge in [-0.15, -0.1) is 0 Å². The maximum Gasteiger partial charge on any atom is 0.241 e. The van der Waals surface area contributed by atoms with Crippen LogP contribution in [0.3, 0.4) is 0 Å². The number of nitrogens with zero attached hydrogens (tertiary/aromatic N) is 6. The highest BCUT2D eigenvalue weighted by molar-refractivity contribution is 5.38. The zero-order chi connectivity index (χ0) is 14.1. The van der Waals surface area contributed by atoms with Crippen molar-refractivity contribution in [3.63, 3.8) is 0 Å². The summed E-state index contributed by atoms with van der Waals surface area (Å²) in [6, 6.07) is 0. The number of hydrogen-bond donors (Lipinski definition) is 1. The SMILES string of the molecule is CC1CC(C)CN(c2nc(N)nc(-n3ccnc3)n2)C1. The van der Waals surface area contributed by atoms with Crippen molar-refractivity contribution in [2.75, 3.05) is 23.7 Å². The molecule has 0 saturated carbocycles. The number of imidazole rings is 1. The maximum atomic E-state index is 5.82. The van der Waals surface area contributed by atoms with Crippen molar-refractivity contribution < 1.29 is 0 Å². The summed E-state index contributed by atoms with van der Waals surface area (Å²) < 4.78 is 1.73. The predicted octanol–water partition coefficient (Wildman–Crippen LogP) is 1.12. The Morgan fingerprint density at radius 2 is 1.80 bits per heavy atom. The third-order valence-electron chi connectivity index (χ3n) is 3.52. The van der Waals surface area contributed by atoms with Crippen LogP contribution in [0.15, 0.2) is 18.7 Å². The Morgan fingerprint density at radius 3 is 2.45 bits per heavy atom. The van der Waals surface area contributed by atoms with Crippen molar-refractivity contribution in [1.29, 1.82) is 0 Å². The topological polar surface area (TPSA) is 85.8 Å². The number of anilines is 2. The molecule has 0 radical (unpaired) electrons. The highest BCUT2D eigenvalue weighted by atomic mass is 15.3. The van der Waals surface area contributed by atoms with E-state index in [1.165, 1.54) is 6.42 Å². The summed E-state index contributed by atoms with van der Waals surface area (Å²) in [7, 11) is 0. The van der Waals surface area contributed by atoms with E-state index in [2.05, 4.69) is 38.7 Å². The molecular weight excluding hydrogens is 254 g/mol. The van der Waals surface area contributed by atoms with Crippen LogP contribution in [0.5, 0.6) is 0 Å². The molecule has 0 aromatic carbocycles. The summed E-state index contributed by atoms with van der Waals surface area (Å²) in [6.45, 7) is 6.42. The Hall–Kier alpha value is -2.18. The largest absolute Gasteiger partial charge is 0.368 e. The number of nitrogen functional groups attached to an aromatic ring is 1. The van der Waals surface area contributed by atoms with Crippen LogP contribution in [0, 0.1) is 11.8 Å². The molecule has 3 rings (SSSR count). The molecule has 1 aliphatic heterocycles. The molecule has 2 aromatic rings. The first-order chi connectivity index (χ1) is 9.61. The quantitative estimate of drug-likeness (QED) is 0.882. The van der Waals surface area contributed by atoms with Gasteiger partial charge in [-0.3, -0.25) is 4.57 Å². The maximum absolute atomic E-state index is 5.82. The van der Waals surface area contributed by atoms with Crippen LogP contribution >= 0.6 is 0 Å². The van der Waals surface area contributed by atoms with Gasteiger partial charge in [0.1, 0.15) is 6.33 Å². The second-order valence-electron chi connectivity index (χ2n) is 5.61. The molecule has 106 valence electrons. The van der Waals surface area contributed by atoms with Crippen LogP contribution in [0.25, 0.3) is 5.95 Å². The third-order valence-corrected chi connectivity index (χ3v) is 3.52. The molecule has 3 heterocycles. The lowest BCUT2D eigenvalue weighted by molar-refractivity contribution is 0.353. The highest BCUT2D eigenvalue weighted by Crippen LogP contribution is 2.24. The predicted molar refractivity (Wildman–Crippen MR) is 76.5 cm³/mol. The molecule has 7 heteroatoms. The van der Waals surface area contributed by atoms with Crippen molar-refractivity contribution in [1.82, 2.24) is 24.5 Å². The Bertz CT molecular complexity index is 570. The normalized spacial score (nSPS) is 23.0. The van der Waals surface area contributed by atoms with Crippen molar-refractivity contribution in [3.8, 4) is 5.95 Å². The van der Waals surface area contributed by atoms with E-state index in [1.54, 1.807) is 23.3 Å². The zero-order valence-electron chi connectivity index (χ0n) is 11.8. The number of aromatic nitrogens is 5. The fourth-order valence-electron chi connectivity index (χ4n) is 2.83. The van der Waals surface area contributed by atoms with Gasteiger partial charge >= 0.3 is 0 Å². The molecule has 20 heavy (non-hydrogen) atoms. The van der Waals surface area contributed by atoms with Crippen LogP contribution in [0.4, 0.5) is 11.9 Å². The van der Waals surface area contributed by atoms with Gasteiger partial charge in [-0.1, -0.05) is 13.8 Å². The molecule has 1 saturated heterocycles. The Balaban J connectivity index is 1.93. The summed E-state index contributed by atoms with van der Waals surface area (Å²) in [4.78, 5) is 19.2. The van der Waals surface area contributed by atoms with Crippen LogP contribution in [-0.4, -0.2) is 37.6 Å². The summed E-state index contributed by atoms with van der Waals surface area (Å²) in [5.41, 5.74) is 5.82. The lowest BCUT2D eigenvalue weighted by Gasteiger charge is -2.34. The molecule has 0 bridgehead atoms. The summed E-state index contributed by atoms with van der Waals surface area (Å²) in [5.74, 6) is 2.67. The minimum atomic E-state index is 0.240. The van der Waals surface area contributed by atoms with Crippen LogP contribution in [-0.2, 0) is 0 Å². The molecule has 2 atom stereocenters. The molecule has 1 fully saturated rings. The van der Waals surface area contributed by atoms with Gasteiger partial charge in [0.25, 0.3) is 0 Å². The first-order valence-electron chi connectivity index (χ1n) is 6.86. The Kier molecular flexibility index (Phi) is 3.25. The smallest absolute Gasteiger partial charge is 0.241 e. The van der Waals surface area contributed by atoms with E-state index in [1.807, 2.05) is 0 Å². The first-order valence-corrected chi connectivity index (χ1v) is 6.86. The summed E-state index contributed by atoms with van der Waals surface area (Å²) >= 11 is 0. The zero-order valence-corrected chi connectivity index (χ0v) is 11.8. The molecule has 7 nitrogen and oxygen atoms in total. The van der Waals surface area contributed by atoms with Crippen LogP contribution in [0.2, 0.25) is 0 Å². The lowest BCUT2D eigenvalue weighted by atomic mass is 9.92. The van der Waals surface area contributed by atoms with E-state index in [9.17, 15) is 0 Å². The van der Waals surface area contributed by atoms with Crippen LogP contribution in [0.1, 0.15) is 20.3 Å². The third kappa shape index (κ3) is 2.56. The van der Waals surface area contributed by atoms with Crippen molar-refractivity contribution in [2.45, 2.75) is 20.3 Å². The first kappa shape index (κ1) is 12.8. The van der Waals surface area contributed by atoms with Crippen LogP contribution < -0.4 is 10.6 Å². The van der Waals surface area contributed by atoms with Gasteiger partial charge in [0, 0.05) is 25.5 Å². The molecule has 2 unspecified atom stereocenters. The highest BCUT2D eigenvalue weighted by Gasteiger charge is 2.24. The van der Waals surface area contributed by atoms with Gasteiger partial charge < -0.3 is 10.6 Å². The van der Waals surface area contributed by atoms with E-state index in [0.29, 0.717) is 23.7 Å². The molecule has 2 N–H and O–H groups in total. The fraction of sp³-hybridized carbons (Fsp3) is 0.538. The number of hydrogen-bond acceptors (Lipinski definition) is 6. The average molecular weight is 273 g/mol. The van der Waals surface area contributed by atoms with E-state index in [-0.39, 0.29) is 5.95 Å². The molecular formula is C13H19N7. The number of piperidine rings is 1. The lowest BCUT2D eigenvalue weighted by Crippen LogP contribution is -2.40. The summed E-state index contributed by atoms with van der Waals surface area (Å²) in [5, 5.41) is 0. The second kappa shape index (κ2) is 5.07. The summed E-state index contributed by atoms with van der Waals surface area (Å²) in [6.07, 6.45) is 6.37. The molecule has 1 aliphatic rings. The van der Waals surface area contributed by atoms with E-state index < -0.39 is 0 Å². The molecule has 0 amide bonds. The Labute approximate surface area is 117 Å². The van der Waals surface area contributed by atoms with Crippen molar-refractivity contribution >= 4 is 11.9 Å². The molecule has 0 spiro atoms. The van der Waals surface area contributed by atoms with E-state index in [4.69, 9.17) is 5.73 Å². The minimum Gasteiger partial charge on any atom is -0.368 e. The van der Waals surface area contributed by atoms with E-state index in [0.717, 1.165) is 13.1 Å². The van der Waals surface area contributed by atoms with Gasteiger partial charge in [0.05, 0.1) is 0 Å². The monoisotopic (exact) mass is 273 g/mol. The standard InChI is InChI=1S/C13H19N7/c1-9-5-10(2)7-20(6-9)13-17-11(14)16-12(18-13)19-4-3-15-8-19/h3-4,8-10H,5-7H2,1-2H3,(H2,14,16,17,18). The number of nitrogens with two attached hydrogens (primary N) is 1. The second-order valence-corrected chi connectivity index (χ2v) is 5.61. The van der Waals surface area contributed by atoms with E-state index >= 15 is 0 Å². The van der Waals surface area contributed by atoms with Gasteiger partial charge in [-0.2, -0.15) is 15.0 Å². The fourth-order valence-corrected chi connectivity index (χ4v) is 2.83. The minimum absolute atomic E-state index is 0.240. The molecule has 2 aromatic heterocycles. The average Bonchev–Trinajstić information content (AvgIpc) is 2.90. The van der Waals surface area contributed by atoms with Gasteiger partial charge in [0.15, 0.2) is 0 Å². The van der Waals surface area contributed by atoms with Gasteiger partial charge in [0.2, 0.25) is 17.8 Å². The molecule has 0 aliphatic carbocycles. The van der Waals surface area contributed by atoms with Gasteiger partial charge in [-0.05, 0) is 18.3 Å². The number of rotatable bonds is 2. The van der Waals surface area contributed by atoms with Crippen molar-refractivity contribution in [2.24, 2.45) is 11.8 Å². The van der Waals surface area contributed by atoms with Gasteiger partial charge in [-0.25, -0.2) is 4.98 Å². The Morgan fingerprint density at radius 1 is 1.10 bits per heavy atom.